The molecule has 5 N–H and O–H groups in total. The molecule has 2 heterocycles. The SMILES string of the molecule is CC(C)S(=O)(=O)c1ncccc1Nc1nc(Nc2ccc(NC(=O)CN)cc2)ncc1OC(F)F. The molecule has 0 bridgehead atoms. The Morgan fingerprint density at radius 2 is 1.77 bits per heavy atom. The largest absolute Gasteiger partial charge is 0.429 e. The molecule has 0 atom stereocenters. The van der Waals surface area contributed by atoms with Crippen LogP contribution in [0.15, 0.2) is 53.8 Å². The maximum Gasteiger partial charge on any atom is 0.387 e. The van der Waals surface area contributed by atoms with Crippen molar-refractivity contribution in [3.63, 3.8) is 0 Å². The summed E-state index contributed by atoms with van der Waals surface area (Å²) in [6, 6.07) is 9.39. The first-order valence-corrected chi connectivity index (χ1v) is 11.8. The van der Waals surface area contributed by atoms with Gasteiger partial charge in [0.1, 0.15) is 0 Å². The van der Waals surface area contributed by atoms with E-state index in [1.807, 2.05) is 0 Å². The van der Waals surface area contributed by atoms with Crippen LogP contribution in [0.3, 0.4) is 0 Å². The van der Waals surface area contributed by atoms with E-state index in [2.05, 4.69) is 35.6 Å². The van der Waals surface area contributed by atoms with E-state index in [0.717, 1.165) is 6.20 Å². The number of sulfone groups is 1. The van der Waals surface area contributed by atoms with E-state index in [9.17, 15) is 22.0 Å². The quantitative estimate of drug-likeness (QED) is 0.321. The number of nitrogens with one attached hydrogen (secondary N) is 3. The number of hydrogen-bond donors (Lipinski definition) is 4. The maximum atomic E-state index is 12.9. The van der Waals surface area contributed by atoms with Crippen LogP contribution in [-0.4, -0.2) is 47.7 Å². The summed E-state index contributed by atoms with van der Waals surface area (Å²) >= 11 is 0. The molecule has 1 aromatic carbocycles. The lowest BCUT2D eigenvalue weighted by molar-refractivity contribution is -0.114. The lowest BCUT2D eigenvalue weighted by Gasteiger charge is -2.16. The third kappa shape index (κ3) is 6.58. The second kappa shape index (κ2) is 11.0. The zero-order chi connectivity index (χ0) is 25.6. The number of anilines is 5. The molecule has 0 fully saturated rings. The van der Waals surface area contributed by atoms with Gasteiger partial charge in [-0.25, -0.2) is 18.4 Å². The van der Waals surface area contributed by atoms with Crippen LogP contribution in [0, 0.1) is 0 Å². The van der Waals surface area contributed by atoms with Crippen LogP contribution in [0.1, 0.15) is 13.8 Å². The summed E-state index contributed by atoms with van der Waals surface area (Å²) < 4.78 is 55.8. The van der Waals surface area contributed by atoms with Gasteiger partial charge in [-0.3, -0.25) is 4.79 Å². The summed E-state index contributed by atoms with van der Waals surface area (Å²) in [4.78, 5) is 23.5. The van der Waals surface area contributed by atoms with Gasteiger partial charge in [0.05, 0.1) is 23.7 Å². The molecule has 14 heteroatoms. The first-order chi connectivity index (χ1) is 16.6. The Bertz CT molecular complexity index is 1290. The van der Waals surface area contributed by atoms with Gasteiger partial charge in [-0.05, 0) is 50.2 Å². The van der Waals surface area contributed by atoms with Crippen molar-refractivity contribution in [1.82, 2.24) is 15.0 Å². The molecule has 0 saturated carbocycles. The standard InChI is InChI=1S/C21H23F2N7O4S/c1-12(2)35(32,33)19-15(4-3-9-25-19)29-18-16(34-20(22)23)11-26-21(30-18)28-14-7-5-13(6-8-14)27-17(31)10-24/h3-9,11-12,20H,10,24H2,1-2H3,(H,27,31)(H2,26,28,29,30). The van der Waals surface area contributed by atoms with E-state index in [1.165, 1.54) is 32.2 Å². The van der Waals surface area contributed by atoms with E-state index in [0.29, 0.717) is 11.4 Å². The summed E-state index contributed by atoms with van der Waals surface area (Å²) in [6.45, 7) is -0.327. The Kier molecular flexibility index (Phi) is 8.09. The van der Waals surface area contributed by atoms with Gasteiger partial charge in [0, 0.05) is 17.6 Å². The maximum absolute atomic E-state index is 12.9. The highest BCUT2D eigenvalue weighted by Gasteiger charge is 2.25. The van der Waals surface area contributed by atoms with Crippen LogP contribution in [0.25, 0.3) is 0 Å². The monoisotopic (exact) mass is 507 g/mol. The molecule has 186 valence electrons. The Labute approximate surface area is 200 Å². The van der Waals surface area contributed by atoms with E-state index in [1.54, 1.807) is 24.3 Å². The molecule has 0 spiro atoms. The van der Waals surface area contributed by atoms with Crippen molar-refractivity contribution in [1.29, 1.82) is 0 Å². The normalized spacial score (nSPS) is 11.4. The number of amides is 1. The van der Waals surface area contributed by atoms with Crippen molar-refractivity contribution in [3.8, 4) is 5.75 Å². The number of nitrogens with two attached hydrogens (primary N) is 1. The van der Waals surface area contributed by atoms with Crippen molar-refractivity contribution in [2.75, 3.05) is 22.5 Å². The fraction of sp³-hybridized carbons (Fsp3) is 0.238. The summed E-state index contributed by atoms with van der Waals surface area (Å²) in [7, 11) is -3.80. The number of carbonyl (C=O) groups excluding carboxylic acids is 1. The molecule has 3 rings (SSSR count). The molecule has 0 radical (unpaired) electrons. The van der Waals surface area contributed by atoms with Crippen LogP contribution >= 0.6 is 0 Å². The number of benzene rings is 1. The molecule has 0 aliphatic carbocycles. The lowest BCUT2D eigenvalue weighted by atomic mass is 10.3. The molecule has 0 unspecified atom stereocenters. The molecule has 2 aromatic heterocycles. The molecular formula is C21H23F2N7O4S. The van der Waals surface area contributed by atoms with Gasteiger partial charge in [-0.2, -0.15) is 13.8 Å². The number of nitrogens with zero attached hydrogens (tertiary/aromatic N) is 3. The fourth-order valence-electron chi connectivity index (χ4n) is 2.74. The van der Waals surface area contributed by atoms with Gasteiger partial charge in [0.25, 0.3) is 0 Å². The number of pyridine rings is 1. The topological polar surface area (TPSA) is 161 Å². The molecular weight excluding hydrogens is 484 g/mol. The number of aromatic nitrogens is 3. The van der Waals surface area contributed by atoms with Gasteiger partial charge >= 0.3 is 6.61 Å². The minimum atomic E-state index is -3.80. The van der Waals surface area contributed by atoms with E-state index in [-0.39, 0.29) is 34.9 Å². The van der Waals surface area contributed by atoms with Crippen molar-refractivity contribution >= 4 is 44.6 Å². The van der Waals surface area contributed by atoms with Crippen molar-refractivity contribution in [2.24, 2.45) is 5.73 Å². The minimum Gasteiger partial charge on any atom is -0.429 e. The van der Waals surface area contributed by atoms with Gasteiger partial charge in [-0.1, -0.05) is 0 Å². The molecule has 0 aliphatic rings. The third-order valence-electron chi connectivity index (χ3n) is 4.50. The fourth-order valence-corrected chi connectivity index (χ4v) is 3.82. The number of hydrogen-bond acceptors (Lipinski definition) is 10. The predicted octanol–water partition coefficient (Wildman–Crippen LogP) is 3.04. The van der Waals surface area contributed by atoms with Gasteiger partial charge in [0.15, 0.2) is 26.4 Å². The molecule has 35 heavy (non-hydrogen) atoms. The Hall–Kier alpha value is -3.91. The Morgan fingerprint density at radius 3 is 2.40 bits per heavy atom. The smallest absolute Gasteiger partial charge is 0.387 e. The second-order valence-electron chi connectivity index (χ2n) is 7.31. The Morgan fingerprint density at radius 1 is 1.09 bits per heavy atom. The van der Waals surface area contributed by atoms with Gasteiger partial charge in [0.2, 0.25) is 11.9 Å². The summed E-state index contributed by atoms with van der Waals surface area (Å²) in [6.07, 6.45) is 2.33. The molecule has 0 saturated heterocycles. The van der Waals surface area contributed by atoms with E-state index >= 15 is 0 Å². The summed E-state index contributed by atoms with van der Waals surface area (Å²) in [5.74, 6) is -0.955. The van der Waals surface area contributed by atoms with Gasteiger partial charge in [-0.15, -0.1) is 0 Å². The zero-order valence-corrected chi connectivity index (χ0v) is 19.5. The molecule has 0 aliphatic heterocycles. The predicted molar refractivity (Wildman–Crippen MR) is 126 cm³/mol. The summed E-state index contributed by atoms with van der Waals surface area (Å²) in [5.41, 5.74) is 6.34. The minimum absolute atomic E-state index is 0.00465. The molecule has 1 amide bonds. The van der Waals surface area contributed by atoms with Crippen LogP contribution in [-0.2, 0) is 14.6 Å². The first kappa shape index (κ1) is 25.7. The molecule has 11 nitrogen and oxygen atoms in total. The van der Waals surface area contributed by atoms with Gasteiger partial charge < -0.3 is 26.4 Å². The number of halogens is 2. The molecule has 3 aromatic rings. The van der Waals surface area contributed by atoms with Crippen LogP contribution < -0.4 is 26.4 Å². The highest BCUT2D eigenvalue weighted by molar-refractivity contribution is 7.92. The van der Waals surface area contributed by atoms with Crippen LogP contribution in [0.4, 0.5) is 37.6 Å². The second-order valence-corrected chi connectivity index (χ2v) is 9.73. The number of carbonyl (C=O) groups is 1. The van der Waals surface area contributed by atoms with Crippen molar-refractivity contribution < 1.29 is 26.7 Å². The number of ether oxygens (including phenoxy) is 1. The number of alkyl halides is 2. The highest BCUT2D eigenvalue weighted by Crippen LogP contribution is 2.31. The lowest BCUT2D eigenvalue weighted by Crippen LogP contribution is -2.21. The van der Waals surface area contributed by atoms with Crippen LogP contribution in [0.5, 0.6) is 5.75 Å². The zero-order valence-electron chi connectivity index (χ0n) is 18.7. The Balaban J connectivity index is 1.92. The number of rotatable bonds is 10. The first-order valence-electron chi connectivity index (χ1n) is 10.2. The van der Waals surface area contributed by atoms with E-state index in [4.69, 9.17) is 5.73 Å². The van der Waals surface area contributed by atoms with Crippen molar-refractivity contribution in [3.05, 3.63) is 48.8 Å². The average molecular weight is 508 g/mol. The highest BCUT2D eigenvalue weighted by atomic mass is 32.2. The van der Waals surface area contributed by atoms with Crippen LogP contribution in [0.2, 0.25) is 0 Å². The van der Waals surface area contributed by atoms with E-state index < -0.39 is 27.4 Å². The average Bonchev–Trinajstić information content (AvgIpc) is 2.81. The summed E-state index contributed by atoms with van der Waals surface area (Å²) in [5, 5.41) is 7.18. The third-order valence-corrected chi connectivity index (χ3v) is 6.60. The van der Waals surface area contributed by atoms with Crippen molar-refractivity contribution in [2.45, 2.75) is 30.7 Å².